The van der Waals surface area contributed by atoms with Gasteiger partial charge in [0.1, 0.15) is 5.75 Å². The number of rotatable bonds is 4. The summed E-state index contributed by atoms with van der Waals surface area (Å²) in [6, 6.07) is 31.7. The SMILES string of the molecule is COc1ccc(N(C)c2cc(-c3ccccc3)cc3ccccc23)cc1. The van der Waals surface area contributed by atoms with E-state index in [2.05, 4.69) is 90.8 Å². The monoisotopic (exact) mass is 339 g/mol. The van der Waals surface area contributed by atoms with Crippen molar-refractivity contribution in [1.82, 2.24) is 0 Å². The minimum Gasteiger partial charge on any atom is -0.497 e. The molecule has 26 heavy (non-hydrogen) atoms. The third kappa shape index (κ3) is 3.02. The van der Waals surface area contributed by atoms with Crippen LogP contribution < -0.4 is 9.64 Å². The van der Waals surface area contributed by atoms with Crippen molar-refractivity contribution in [2.75, 3.05) is 19.1 Å². The van der Waals surface area contributed by atoms with Gasteiger partial charge in [0.15, 0.2) is 0 Å². The smallest absolute Gasteiger partial charge is 0.119 e. The maximum atomic E-state index is 5.28. The van der Waals surface area contributed by atoms with Crippen LogP contribution in [0.2, 0.25) is 0 Å². The van der Waals surface area contributed by atoms with Crippen molar-refractivity contribution >= 4 is 22.1 Å². The third-order valence-electron chi connectivity index (χ3n) is 4.77. The number of hydrogen-bond acceptors (Lipinski definition) is 2. The van der Waals surface area contributed by atoms with Gasteiger partial charge in [-0.15, -0.1) is 0 Å². The van der Waals surface area contributed by atoms with Crippen molar-refractivity contribution in [3.63, 3.8) is 0 Å². The molecular weight excluding hydrogens is 318 g/mol. The molecule has 0 bridgehead atoms. The third-order valence-corrected chi connectivity index (χ3v) is 4.77. The molecule has 4 aromatic carbocycles. The number of ether oxygens (including phenoxy) is 1. The molecule has 0 aliphatic heterocycles. The Morgan fingerprint density at radius 2 is 1.38 bits per heavy atom. The molecule has 2 heteroatoms. The number of anilines is 2. The highest BCUT2D eigenvalue weighted by Gasteiger charge is 2.11. The number of nitrogens with zero attached hydrogens (tertiary/aromatic N) is 1. The Balaban J connectivity index is 1.86. The summed E-state index contributed by atoms with van der Waals surface area (Å²) in [5.74, 6) is 0.866. The summed E-state index contributed by atoms with van der Waals surface area (Å²) >= 11 is 0. The molecule has 0 atom stereocenters. The Labute approximate surface area is 154 Å². The quantitative estimate of drug-likeness (QED) is 0.433. The van der Waals surface area contributed by atoms with Gasteiger partial charge in [-0.2, -0.15) is 0 Å². The van der Waals surface area contributed by atoms with Crippen LogP contribution in [0.15, 0.2) is 91.0 Å². The first-order chi connectivity index (χ1) is 12.8. The van der Waals surface area contributed by atoms with E-state index in [1.165, 1.54) is 27.6 Å². The molecule has 0 heterocycles. The molecule has 0 spiro atoms. The molecule has 0 aliphatic rings. The molecule has 0 amide bonds. The van der Waals surface area contributed by atoms with Crippen molar-refractivity contribution in [3.8, 4) is 16.9 Å². The fourth-order valence-electron chi connectivity index (χ4n) is 3.31. The van der Waals surface area contributed by atoms with Crippen molar-refractivity contribution in [1.29, 1.82) is 0 Å². The van der Waals surface area contributed by atoms with E-state index in [0.29, 0.717) is 0 Å². The van der Waals surface area contributed by atoms with Crippen molar-refractivity contribution in [2.24, 2.45) is 0 Å². The van der Waals surface area contributed by atoms with E-state index in [-0.39, 0.29) is 0 Å². The minimum absolute atomic E-state index is 0.866. The topological polar surface area (TPSA) is 12.5 Å². The zero-order valence-electron chi connectivity index (χ0n) is 15.0. The molecule has 0 unspecified atom stereocenters. The Morgan fingerprint density at radius 1 is 0.692 bits per heavy atom. The second-order valence-corrected chi connectivity index (χ2v) is 6.34. The molecule has 0 aromatic heterocycles. The highest BCUT2D eigenvalue weighted by molar-refractivity contribution is 5.99. The van der Waals surface area contributed by atoms with Gasteiger partial charge in [0.05, 0.1) is 7.11 Å². The maximum absolute atomic E-state index is 5.28. The van der Waals surface area contributed by atoms with Crippen LogP contribution in [0.4, 0.5) is 11.4 Å². The lowest BCUT2D eigenvalue weighted by atomic mass is 9.99. The standard InChI is InChI=1S/C24H21NO/c1-25(21-12-14-22(26-2)15-13-21)24-17-20(18-8-4-3-5-9-18)16-19-10-6-7-11-23(19)24/h3-17H,1-2H3. The molecule has 4 aromatic rings. The summed E-state index contributed by atoms with van der Waals surface area (Å²) < 4.78 is 5.28. The van der Waals surface area contributed by atoms with Crippen LogP contribution in [-0.4, -0.2) is 14.2 Å². The lowest BCUT2D eigenvalue weighted by Crippen LogP contribution is -2.10. The molecule has 0 radical (unpaired) electrons. The van der Waals surface area contributed by atoms with Gasteiger partial charge in [-0.05, 0) is 52.9 Å². The average molecular weight is 339 g/mol. The fourth-order valence-corrected chi connectivity index (χ4v) is 3.31. The van der Waals surface area contributed by atoms with Gasteiger partial charge in [-0.1, -0.05) is 54.6 Å². The van der Waals surface area contributed by atoms with E-state index >= 15 is 0 Å². The average Bonchev–Trinajstić information content (AvgIpc) is 2.73. The highest BCUT2D eigenvalue weighted by Crippen LogP contribution is 2.36. The van der Waals surface area contributed by atoms with Gasteiger partial charge in [0.2, 0.25) is 0 Å². The van der Waals surface area contributed by atoms with Crippen LogP contribution in [0.1, 0.15) is 0 Å². The molecule has 0 N–H and O–H groups in total. The number of benzene rings is 4. The van der Waals surface area contributed by atoms with Gasteiger partial charge in [0, 0.05) is 23.8 Å². The summed E-state index contributed by atoms with van der Waals surface area (Å²) in [7, 11) is 3.80. The minimum atomic E-state index is 0.866. The van der Waals surface area contributed by atoms with Crippen LogP contribution in [0.25, 0.3) is 21.9 Å². The Kier molecular flexibility index (Phi) is 4.32. The molecule has 4 rings (SSSR count). The van der Waals surface area contributed by atoms with Crippen LogP contribution in [0.5, 0.6) is 5.75 Å². The van der Waals surface area contributed by atoms with Crippen molar-refractivity contribution < 1.29 is 4.74 Å². The molecule has 2 nitrogen and oxygen atoms in total. The lowest BCUT2D eigenvalue weighted by Gasteiger charge is -2.23. The van der Waals surface area contributed by atoms with E-state index in [4.69, 9.17) is 4.74 Å². The van der Waals surface area contributed by atoms with Crippen LogP contribution in [0, 0.1) is 0 Å². The highest BCUT2D eigenvalue weighted by atomic mass is 16.5. The first-order valence-electron chi connectivity index (χ1n) is 8.72. The van der Waals surface area contributed by atoms with Crippen LogP contribution >= 0.6 is 0 Å². The summed E-state index contributed by atoms with van der Waals surface area (Å²) in [6.07, 6.45) is 0. The fraction of sp³-hybridized carbons (Fsp3) is 0.0833. The molecule has 128 valence electrons. The lowest BCUT2D eigenvalue weighted by molar-refractivity contribution is 0.415. The van der Waals surface area contributed by atoms with Crippen molar-refractivity contribution in [3.05, 3.63) is 91.0 Å². The van der Waals surface area contributed by atoms with E-state index in [1.54, 1.807) is 7.11 Å². The zero-order valence-corrected chi connectivity index (χ0v) is 15.0. The molecule has 0 saturated carbocycles. The second kappa shape index (κ2) is 6.93. The first kappa shape index (κ1) is 16.2. The largest absolute Gasteiger partial charge is 0.497 e. The second-order valence-electron chi connectivity index (χ2n) is 6.34. The summed E-state index contributed by atoms with van der Waals surface area (Å²) in [5, 5.41) is 2.48. The summed E-state index contributed by atoms with van der Waals surface area (Å²) in [5.41, 5.74) is 4.76. The van der Waals surface area contributed by atoms with Gasteiger partial charge in [-0.3, -0.25) is 0 Å². The Morgan fingerprint density at radius 3 is 2.12 bits per heavy atom. The Bertz CT molecular complexity index is 1020. The van der Waals surface area contributed by atoms with Gasteiger partial charge in [-0.25, -0.2) is 0 Å². The molecule has 0 aliphatic carbocycles. The predicted octanol–water partition coefficient (Wildman–Crippen LogP) is 6.28. The van der Waals surface area contributed by atoms with Crippen LogP contribution in [-0.2, 0) is 0 Å². The molecular formula is C24H21NO. The van der Waals surface area contributed by atoms with E-state index in [9.17, 15) is 0 Å². The van der Waals surface area contributed by atoms with E-state index in [1.807, 2.05) is 12.1 Å². The zero-order chi connectivity index (χ0) is 17.9. The predicted molar refractivity (Wildman–Crippen MR) is 110 cm³/mol. The molecule has 0 saturated heterocycles. The maximum Gasteiger partial charge on any atom is 0.119 e. The molecule has 0 fully saturated rings. The summed E-state index contributed by atoms with van der Waals surface area (Å²) in [4.78, 5) is 2.23. The van der Waals surface area contributed by atoms with Crippen molar-refractivity contribution in [2.45, 2.75) is 0 Å². The van der Waals surface area contributed by atoms with Gasteiger partial charge in [0.25, 0.3) is 0 Å². The number of hydrogen-bond donors (Lipinski definition) is 0. The number of methoxy groups -OCH3 is 1. The Hall–Kier alpha value is -3.26. The van der Waals surface area contributed by atoms with Gasteiger partial charge < -0.3 is 9.64 Å². The van der Waals surface area contributed by atoms with Gasteiger partial charge >= 0.3 is 0 Å². The van der Waals surface area contributed by atoms with Crippen LogP contribution in [0.3, 0.4) is 0 Å². The normalized spacial score (nSPS) is 10.7. The first-order valence-corrected chi connectivity index (χ1v) is 8.72. The van der Waals surface area contributed by atoms with E-state index in [0.717, 1.165) is 11.4 Å². The number of fused-ring (bicyclic) bond motifs is 1. The van der Waals surface area contributed by atoms with E-state index < -0.39 is 0 Å². The summed E-state index contributed by atoms with van der Waals surface area (Å²) in [6.45, 7) is 0.